The molecule has 1 atom stereocenters. The van der Waals surface area contributed by atoms with Crippen molar-refractivity contribution in [1.82, 2.24) is 14.7 Å². The molecule has 1 fully saturated rings. The standard InChI is InChI=1S/C28H22BrFN4O3/c29-20-4-8-22(9-5-20)34-15-23(18-2-6-21(30)7-3-18)27(32-34)28-33(26(36)16-37-28)12-11-17-1-10-24-19(13-17)14-25(35)31-24/h1-10,13,15,28H,11-12,14,16H2,(H,31,35)/t28-/m0/s1. The molecule has 2 aliphatic rings. The van der Waals surface area contributed by atoms with Crippen LogP contribution in [-0.2, 0) is 27.2 Å². The van der Waals surface area contributed by atoms with Crippen molar-refractivity contribution in [2.45, 2.75) is 19.1 Å². The number of nitrogens with one attached hydrogen (secondary N) is 1. The smallest absolute Gasteiger partial charge is 0.251 e. The van der Waals surface area contributed by atoms with Crippen molar-refractivity contribution in [1.29, 1.82) is 0 Å². The van der Waals surface area contributed by atoms with Gasteiger partial charge in [-0.3, -0.25) is 9.59 Å². The van der Waals surface area contributed by atoms with Gasteiger partial charge < -0.3 is 15.0 Å². The number of nitrogens with zero attached hydrogens (tertiary/aromatic N) is 3. The predicted molar refractivity (Wildman–Crippen MR) is 140 cm³/mol. The third-order valence-electron chi connectivity index (χ3n) is 6.63. The van der Waals surface area contributed by atoms with Crippen LogP contribution in [-0.4, -0.2) is 39.6 Å². The number of aromatic nitrogens is 2. The first-order valence-electron chi connectivity index (χ1n) is 11.9. The molecule has 0 radical (unpaired) electrons. The molecule has 1 N–H and O–H groups in total. The molecule has 2 amide bonds. The highest BCUT2D eigenvalue weighted by molar-refractivity contribution is 9.10. The topological polar surface area (TPSA) is 76.5 Å². The highest BCUT2D eigenvalue weighted by Gasteiger charge is 2.36. The molecule has 37 heavy (non-hydrogen) atoms. The number of halogens is 2. The second-order valence-electron chi connectivity index (χ2n) is 9.07. The summed E-state index contributed by atoms with van der Waals surface area (Å²) in [6.07, 6.45) is 2.17. The normalized spacial score (nSPS) is 16.8. The maximum Gasteiger partial charge on any atom is 0.251 e. The Hall–Kier alpha value is -3.82. The highest BCUT2D eigenvalue weighted by Crippen LogP contribution is 2.35. The van der Waals surface area contributed by atoms with Crippen LogP contribution in [0.3, 0.4) is 0 Å². The Morgan fingerprint density at radius 2 is 1.84 bits per heavy atom. The van der Waals surface area contributed by atoms with Crippen LogP contribution in [0.2, 0.25) is 0 Å². The van der Waals surface area contributed by atoms with E-state index < -0.39 is 6.23 Å². The second-order valence-corrected chi connectivity index (χ2v) is 9.99. The lowest BCUT2D eigenvalue weighted by atomic mass is 10.0. The molecule has 0 aliphatic carbocycles. The van der Waals surface area contributed by atoms with E-state index in [1.54, 1.807) is 21.7 Å². The number of amides is 2. The van der Waals surface area contributed by atoms with E-state index in [0.717, 1.165) is 38.1 Å². The van der Waals surface area contributed by atoms with E-state index in [2.05, 4.69) is 21.2 Å². The van der Waals surface area contributed by atoms with Crippen molar-refractivity contribution >= 4 is 33.4 Å². The fraction of sp³-hybridized carbons (Fsp3) is 0.179. The number of fused-ring (bicyclic) bond motifs is 1. The van der Waals surface area contributed by atoms with Crippen LogP contribution in [0, 0.1) is 5.82 Å². The Balaban J connectivity index is 1.32. The molecule has 6 rings (SSSR count). The summed E-state index contributed by atoms with van der Waals surface area (Å²) in [5.74, 6) is -0.456. The zero-order valence-electron chi connectivity index (χ0n) is 19.7. The summed E-state index contributed by atoms with van der Waals surface area (Å²) < 4.78 is 22.3. The van der Waals surface area contributed by atoms with Gasteiger partial charge in [-0.2, -0.15) is 5.10 Å². The first-order chi connectivity index (χ1) is 17.9. The average Bonchev–Trinajstić information content (AvgIpc) is 3.59. The number of carbonyl (C=O) groups excluding carboxylic acids is 2. The van der Waals surface area contributed by atoms with Gasteiger partial charge in [0.05, 0.1) is 12.1 Å². The van der Waals surface area contributed by atoms with E-state index in [4.69, 9.17) is 9.84 Å². The molecule has 4 aromatic rings. The summed E-state index contributed by atoms with van der Waals surface area (Å²) in [5, 5.41) is 7.67. The van der Waals surface area contributed by atoms with Crippen LogP contribution < -0.4 is 5.32 Å². The molecular weight excluding hydrogens is 539 g/mol. The molecule has 0 bridgehead atoms. The lowest BCUT2D eigenvalue weighted by Gasteiger charge is -2.23. The van der Waals surface area contributed by atoms with Gasteiger partial charge in [0.25, 0.3) is 5.91 Å². The number of hydrogen-bond donors (Lipinski definition) is 1. The van der Waals surface area contributed by atoms with Crippen LogP contribution in [0.25, 0.3) is 16.8 Å². The summed E-state index contributed by atoms with van der Waals surface area (Å²) in [7, 11) is 0. The Kier molecular flexibility index (Phi) is 6.10. The van der Waals surface area contributed by atoms with Crippen LogP contribution in [0.5, 0.6) is 0 Å². The highest BCUT2D eigenvalue weighted by atomic mass is 79.9. The SMILES string of the molecule is O=C1Cc2cc(CCN3C(=O)CO[C@H]3c3nn(-c4ccc(Br)cc4)cc3-c3ccc(F)cc3)ccc2N1. The number of carbonyl (C=O) groups is 2. The van der Waals surface area contributed by atoms with E-state index in [-0.39, 0.29) is 24.2 Å². The Labute approximate surface area is 221 Å². The largest absolute Gasteiger partial charge is 0.342 e. The maximum absolute atomic E-state index is 13.7. The van der Waals surface area contributed by atoms with Crippen molar-refractivity contribution in [3.05, 3.63) is 100 Å². The molecule has 1 aromatic heterocycles. The van der Waals surface area contributed by atoms with Gasteiger partial charge in [0.2, 0.25) is 5.91 Å². The van der Waals surface area contributed by atoms with Gasteiger partial charge >= 0.3 is 0 Å². The number of hydrogen-bond acceptors (Lipinski definition) is 4. The predicted octanol–water partition coefficient (Wildman–Crippen LogP) is 5.04. The van der Waals surface area contributed by atoms with E-state index >= 15 is 0 Å². The summed E-state index contributed by atoms with van der Waals surface area (Å²) in [6.45, 7) is 0.388. The molecule has 0 unspecified atom stereocenters. The monoisotopic (exact) mass is 560 g/mol. The minimum absolute atomic E-state index is 0.00924. The van der Waals surface area contributed by atoms with Crippen molar-refractivity contribution in [2.75, 3.05) is 18.5 Å². The Morgan fingerprint density at radius 1 is 1.05 bits per heavy atom. The average molecular weight is 561 g/mol. The lowest BCUT2D eigenvalue weighted by Crippen LogP contribution is -2.31. The zero-order chi connectivity index (χ0) is 25.5. The molecule has 3 heterocycles. The van der Waals surface area contributed by atoms with E-state index in [1.807, 2.05) is 48.7 Å². The number of anilines is 1. The summed E-state index contributed by atoms with van der Waals surface area (Å²) in [4.78, 5) is 26.3. The molecule has 0 spiro atoms. The molecule has 3 aromatic carbocycles. The van der Waals surface area contributed by atoms with Gasteiger partial charge in [-0.1, -0.05) is 40.2 Å². The quantitative estimate of drug-likeness (QED) is 0.358. The molecule has 2 aliphatic heterocycles. The minimum atomic E-state index is -0.679. The fourth-order valence-corrected chi connectivity index (χ4v) is 5.02. The van der Waals surface area contributed by atoms with Gasteiger partial charge in [-0.15, -0.1) is 0 Å². The van der Waals surface area contributed by atoms with E-state index in [0.29, 0.717) is 25.1 Å². The number of benzene rings is 3. The molecular formula is C28H22BrFN4O3. The molecule has 7 nitrogen and oxygen atoms in total. The van der Waals surface area contributed by atoms with Crippen molar-refractivity contribution in [2.24, 2.45) is 0 Å². The van der Waals surface area contributed by atoms with Crippen molar-refractivity contribution < 1.29 is 18.7 Å². The van der Waals surface area contributed by atoms with Gasteiger partial charge in [0.1, 0.15) is 18.1 Å². The first-order valence-corrected chi connectivity index (χ1v) is 12.7. The van der Waals surface area contributed by atoms with E-state index in [1.165, 1.54) is 12.1 Å². The van der Waals surface area contributed by atoms with Crippen LogP contribution >= 0.6 is 15.9 Å². The van der Waals surface area contributed by atoms with Crippen LogP contribution in [0.15, 0.2) is 77.4 Å². The Bertz CT molecular complexity index is 1500. The number of rotatable bonds is 6. The van der Waals surface area contributed by atoms with Crippen LogP contribution in [0.4, 0.5) is 10.1 Å². The van der Waals surface area contributed by atoms with Crippen LogP contribution in [0.1, 0.15) is 23.0 Å². The fourth-order valence-electron chi connectivity index (χ4n) is 4.76. The molecule has 9 heteroatoms. The van der Waals surface area contributed by atoms with Gasteiger partial charge in [0.15, 0.2) is 6.23 Å². The van der Waals surface area contributed by atoms with Gasteiger partial charge in [-0.25, -0.2) is 9.07 Å². The summed E-state index contributed by atoms with van der Waals surface area (Å²) in [6, 6.07) is 19.8. The van der Waals surface area contributed by atoms with E-state index in [9.17, 15) is 14.0 Å². The van der Waals surface area contributed by atoms with Crippen molar-refractivity contribution in [3.63, 3.8) is 0 Å². The van der Waals surface area contributed by atoms with Gasteiger partial charge in [-0.05, 0) is 65.6 Å². The third kappa shape index (κ3) is 4.68. The lowest BCUT2D eigenvalue weighted by molar-refractivity contribution is -0.128. The zero-order valence-corrected chi connectivity index (χ0v) is 21.2. The van der Waals surface area contributed by atoms with Crippen molar-refractivity contribution in [3.8, 4) is 16.8 Å². The Morgan fingerprint density at radius 3 is 2.62 bits per heavy atom. The number of ether oxygens (including phenoxy) is 1. The maximum atomic E-state index is 13.7. The molecule has 0 saturated carbocycles. The van der Waals surface area contributed by atoms with Gasteiger partial charge in [0, 0.05) is 28.5 Å². The molecule has 1 saturated heterocycles. The summed E-state index contributed by atoms with van der Waals surface area (Å²) in [5.41, 5.74) is 5.81. The molecule has 186 valence electrons. The third-order valence-corrected chi connectivity index (χ3v) is 7.16. The summed E-state index contributed by atoms with van der Waals surface area (Å²) >= 11 is 3.46. The minimum Gasteiger partial charge on any atom is -0.342 e. The second kappa shape index (κ2) is 9.57. The first kappa shape index (κ1) is 23.6.